The quantitative estimate of drug-likeness (QED) is 0.631. The molecule has 4 heterocycles. The summed E-state index contributed by atoms with van der Waals surface area (Å²) in [6.07, 6.45) is 3.33. The van der Waals surface area contributed by atoms with Gasteiger partial charge in [0.25, 0.3) is 5.56 Å². The number of hydrogen-bond acceptors (Lipinski definition) is 7. The van der Waals surface area contributed by atoms with E-state index in [0.29, 0.717) is 59.5 Å². The monoisotopic (exact) mass is 454 g/mol. The lowest BCUT2D eigenvalue weighted by atomic mass is 10.1. The fourth-order valence-corrected chi connectivity index (χ4v) is 4.45. The molecule has 10 heteroatoms. The van der Waals surface area contributed by atoms with Crippen LogP contribution in [0, 0.1) is 11.3 Å². The molecule has 9 nitrogen and oxygen atoms in total. The van der Waals surface area contributed by atoms with Crippen LogP contribution in [0.5, 0.6) is 5.75 Å². The molecule has 0 saturated carbocycles. The fourth-order valence-electron chi connectivity index (χ4n) is 4.23. The van der Waals surface area contributed by atoms with Gasteiger partial charge in [0.2, 0.25) is 0 Å². The molecule has 0 radical (unpaired) electrons. The third kappa shape index (κ3) is 3.86. The predicted molar refractivity (Wildman–Crippen MR) is 118 cm³/mol. The van der Waals surface area contributed by atoms with Gasteiger partial charge in [0.15, 0.2) is 5.65 Å². The number of nitrogens with one attached hydrogen (secondary N) is 1. The molecule has 2 fully saturated rings. The van der Waals surface area contributed by atoms with E-state index in [1.54, 1.807) is 24.4 Å². The molecule has 2 aliphatic rings. The number of rotatable bonds is 5. The first-order chi connectivity index (χ1) is 15.5. The van der Waals surface area contributed by atoms with Crippen molar-refractivity contribution in [2.45, 2.75) is 38.0 Å². The Labute approximate surface area is 189 Å². The molecule has 2 saturated heterocycles. The van der Waals surface area contributed by atoms with Crippen molar-refractivity contribution in [3.63, 3.8) is 0 Å². The highest BCUT2D eigenvalue weighted by atomic mass is 35.5. The minimum Gasteiger partial charge on any atom is -0.488 e. The fraction of sp³-hybridized carbons (Fsp3) is 0.455. The second-order valence-electron chi connectivity index (χ2n) is 8.24. The van der Waals surface area contributed by atoms with Gasteiger partial charge in [0.05, 0.1) is 28.9 Å². The predicted octanol–water partition coefficient (Wildman–Crippen LogP) is 2.82. The van der Waals surface area contributed by atoms with Crippen molar-refractivity contribution >= 4 is 22.6 Å². The van der Waals surface area contributed by atoms with E-state index >= 15 is 0 Å². The maximum Gasteiger partial charge on any atom is 0.262 e. The molecule has 3 aromatic rings. The first kappa shape index (κ1) is 20.9. The summed E-state index contributed by atoms with van der Waals surface area (Å²) >= 11 is 6.09. The van der Waals surface area contributed by atoms with Crippen LogP contribution < -0.4 is 10.3 Å². The molecule has 2 aromatic heterocycles. The standard InChI is InChI=1S/C22H23ClN6O3/c1-13(28-11-17(12-28)32-16-3-2-14(9-24)19(23)8-16)20-26-21-18(22(30)27-20)10-25-29(21)15-4-6-31-7-5-15/h2-3,8,10,13,15,17H,4-7,11-12H2,1H3,(H,26,27,30). The zero-order valence-corrected chi connectivity index (χ0v) is 18.4. The van der Waals surface area contributed by atoms with E-state index in [-0.39, 0.29) is 23.7 Å². The van der Waals surface area contributed by atoms with Crippen molar-refractivity contribution in [2.24, 2.45) is 0 Å². The molecular formula is C22H23ClN6O3. The van der Waals surface area contributed by atoms with Crippen molar-refractivity contribution in [1.29, 1.82) is 5.26 Å². The summed E-state index contributed by atoms with van der Waals surface area (Å²) in [5.74, 6) is 1.26. The Morgan fingerprint density at radius 2 is 2.12 bits per heavy atom. The number of fused-ring (bicyclic) bond motifs is 1. The molecule has 32 heavy (non-hydrogen) atoms. The van der Waals surface area contributed by atoms with Crippen molar-refractivity contribution in [3.8, 4) is 11.8 Å². The molecule has 5 rings (SSSR count). The molecule has 1 aromatic carbocycles. The van der Waals surface area contributed by atoms with E-state index in [1.807, 2.05) is 17.7 Å². The Hall–Kier alpha value is -2.93. The molecular weight excluding hydrogens is 432 g/mol. The van der Waals surface area contributed by atoms with E-state index in [1.165, 1.54) is 0 Å². The minimum atomic E-state index is -0.171. The van der Waals surface area contributed by atoms with Gasteiger partial charge in [-0.2, -0.15) is 10.4 Å². The largest absolute Gasteiger partial charge is 0.488 e. The highest BCUT2D eigenvalue weighted by Crippen LogP contribution is 2.29. The van der Waals surface area contributed by atoms with E-state index < -0.39 is 0 Å². The number of nitrogens with zero attached hydrogens (tertiary/aromatic N) is 5. The SMILES string of the molecule is CC(c1nc2c(cnn2C2CCOCC2)c(=O)[nH]1)N1CC(Oc2ccc(C#N)c(Cl)c2)C1. The number of ether oxygens (including phenoxy) is 2. The van der Waals surface area contributed by atoms with Crippen molar-refractivity contribution in [2.75, 3.05) is 26.3 Å². The summed E-state index contributed by atoms with van der Waals surface area (Å²) in [6.45, 7) is 4.80. The Morgan fingerprint density at radius 3 is 2.84 bits per heavy atom. The second-order valence-corrected chi connectivity index (χ2v) is 8.65. The van der Waals surface area contributed by atoms with Crippen LogP contribution in [0.2, 0.25) is 5.02 Å². The average molecular weight is 455 g/mol. The zero-order chi connectivity index (χ0) is 22.2. The molecule has 1 N–H and O–H groups in total. The van der Waals surface area contributed by atoms with Gasteiger partial charge in [-0.15, -0.1) is 0 Å². The van der Waals surface area contributed by atoms with Crippen LogP contribution in [0.4, 0.5) is 0 Å². The highest BCUT2D eigenvalue weighted by molar-refractivity contribution is 6.31. The molecule has 0 aliphatic carbocycles. The number of benzene rings is 1. The Balaban J connectivity index is 1.29. The summed E-state index contributed by atoms with van der Waals surface area (Å²) in [7, 11) is 0. The van der Waals surface area contributed by atoms with Crippen LogP contribution in [0.1, 0.15) is 43.2 Å². The number of halogens is 1. The number of hydrogen-bond donors (Lipinski definition) is 1. The number of H-pyrrole nitrogens is 1. The lowest BCUT2D eigenvalue weighted by Gasteiger charge is -2.42. The van der Waals surface area contributed by atoms with Gasteiger partial charge in [-0.05, 0) is 31.9 Å². The summed E-state index contributed by atoms with van der Waals surface area (Å²) < 4.78 is 13.3. The number of aromatic amines is 1. The molecule has 1 unspecified atom stereocenters. The van der Waals surface area contributed by atoms with Gasteiger partial charge < -0.3 is 14.5 Å². The zero-order valence-electron chi connectivity index (χ0n) is 17.6. The van der Waals surface area contributed by atoms with E-state index in [0.717, 1.165) is 12.8 Å². The number of aromatic nitrogens is 4. The first-order valence-electron chi connectivity index (χ1n) is 10.7. The Morgan fingerprint density at radius 1 is 1.34 bits per heavy atom. The lowest BCUT2D eigenvalue weighted by Crippen LogP contribution is -2.54. The third-order valence-electron chi connectivity index (χ3n) is 6.20. The normalized spacial score (nSPS) is 18.9. The van der Waals surface area contributed by atoms with Crippen molar-refractivity contribution in [1.82, 2.24) is 24.6 Å². The summed E-state index contributed by atoms with van der Waals surface area (Å²) in [5.41, 5.74) is 0.882. The van der Waals surface area contributed by atoms with Gasteiger partial charge in [-0.1, -0.05) is 11.6 Å². The average Bonchev–Trinajstić information content (AvgIpc) is 3.21. The Bertz CT molecular complexity index is 1240. The molecule has 0 amide bonds. The first-order valence-corrected chi connectivity index (χ1v) is 11.1. The topological polar surface area (TPSA) is 109 Å². The van der Waals surface area contributed by atoms with Crippen LogP contribution in [-0.4, -0.2) is 57.1 Å². The molecule has 1 atom stereocenters. The van der Waals surface area contributed by atoms with Gasteiger partial charge in [-0.25, -0.2) is 9.67 Å². The smallest absolute Gasteiger partial charge is 0.262 e. The number of nitriles is 1. The minimum absolute atomic E-state index is 0.00433. The highest BCUT2D eigenvalue weighted by Gasteiger charge is 2.34. The van der Waals surface area contributed by atoms with Gasteiger partial charge >= 0.3 is 0 Å². The van der Waals surface area contributed by atoms with Gasteiger partial charge in [-0.3, -0.25) is 9.69 Å². The van der Waals surface area contributed by atoms with Crippen LogP contribution in [-0.2, 0) is 4.74 Å². The van der Waals surface area contributed by atoms with Crippen LogP contribution in [0.25, 0.3) is 11.0 Å². The van der Waals surface area contributed by atoms with Crippen LogP contribution in [0.15, 0.2) is 29.2 Å². The van der Waals surface area contributed by atoms with Gasteiger partial charge in [0, 0.05) is 32.4 Å². The van der Waals surface area contributed by atoms with Crippen molar-refractivity contribution in [3.05, 3.63) is 51.2 Å². The molecule has 2 aliphatic heterocycles. The number of likely N-dealkylation sites (tertiary alicyclic amines) is 1. The molecule has 0 spiro atoms. The Kier molecular flexibility index (Phi) is 5.59. The van der Waals surface area contributed by atoms with E-state index in [9.17, 15) is 4.79 Å². The van der Waals surface area contributed by atoms with E-state index in [2.05, 4.69) is 15.0 Å². The van der Waals surface area contributed by atoms with Crippen LogP contribution in [0.3, 0.4) is 0 Å². The summed E-state index contributed by atoms with van der Waals surface area (Å²) in [4.78, 5) is 22.6. The second kappa shape index (κ2) is 8.54. The third-order valence-corrected chi connectivity index (χ3v) is 6.51. The molecule has 166 valence electrons. The summed E-state index contributed by atoms with van der Waals surface area (Å²) in [5, 5.41) is 14.3. The lowest BCUT2D eigenvalue weighted by molar-refractivity contribution is -0.00735. The summed E-state index contributed by atoms with van der Waals surface area (Å²) in [6, 6.07) is 7.23. The molecule has 0 bridgehead atoms. The van der Waals surface area contributed by atoms with E-state index in [4.69, 9.17) is 31.3 Å². The van der Waals surface area contributed by atoms with Crippen molar-refractivity contribution < 1.29 is 9.47 Å². The van der Waals surface area contributed by atoms with Gasteiger partial charge in [0.1, 0.15) is 29.1 Å². The maximum atomic E-state index is 12.7. The van der Waals surface area contributed by atoms with Crippen LogP contribution >= 0.6 is 11.6 Å². The maximum absolute atomic E-state index is 12.7.